The lowest BCUT2D eigenvalue weighted by atomic mass is 9.94. The van der Waals surface area contributed by atoms with E-state index in [9.17, 15) is 0 Å². The Morgan fingerprint density at radius 1 is 1.25 bits per heavy atom. The summed E-state index contributed by atoms with van der Waals surface area (Å²) in [6.45, 7) is 18.5. The van der Waals surface area contributed by atoms with Gasteiger partial charge >= 0.3 is 0 Å². The van der Waals surface area contributed by atoms with Crippen LogP contribution in [0.1, 0.15) is 58.4 Å². The summed E-state index contributed by atoms with van der Waals surface area (Å²) in [6, 6.07) is 0. The Morgan fingerprint density at radius 3 is 2.68 bits per heavy atom. The van der Waals surface area contributed by atoms with Gasteiger partial charge in [0.05, 0.1) is 37.2 Å². The van der Waals surface area contributed by atoms with Crippen LogP contribution in [0.15, 0.2) is 5.16 Å². The normalized spacial score (nSPS) is 16.1. The summed E-state index contributed by atoms with van der Waals surface area (Å²) >= 11 is 3.51. The molecule has 0 saturated heterocycles. The van der Waals surface area contributed by atoms with Crippen molar-refractivity contribution in [2.45, 2.75) is 77.0 Å². The van der Waals surface area contributed by atoms with Crippen LogP contribution in [0.5, 0.6) is 0 Å². The van der Waals surface area contributed by atoms with Gasteiger partial charge in [-0.25, -0.2) is 9.97 Å². The number of nitrogens with zero attached hydrogens (tertiary/aromatic N) is 2. The van der Waals surface area contributed by atoms with Gasteiger partial charge < -0.3 is 15.0 Å². The van der Waals surface area contributed by atoms with Crippen LogP contribution in [0, 0.1) is 0 Å². The molecule has 0 atom stereocenters. The molecule has 0 fully saturated rings. The number of quaternary nitrogens is 1. The van der Waals surface area contributed by atoms with Gasteiger partial charge in [-0.15, -0.1) is 11.3 Å². The Hall–Kier alpha value is -0.890. The smallest absolute Gasteiger partial charge is 0.191 e. The first-order chi connectivity index (χ1) is 13.3. The maximum Gasteiger partial charge on any atom is 0.191 e. The van der Waals surface area contributed by atoms with Crippen LogP contribution in [0.4, 0.5) is 5.82 Å². The molecule has 3 heterocycles. The summed E-state index contributed by atoms with van der Waals surface area (Å²) in [5, 5.41) is 6.22. The van der Waals surface area contributed by atoms with Crippen molar-refractivity contribution in [3.05, 3.63) is 10.4 Å². The molecule has 28 heavy (non-hydrogen) atoms. The second kappa shape index (κ2) is 9.28. The summed E-state index contributed by atoms with van der Waals surface area (Å²) in [5.41, 5.74) is 1.25. The maximum absolute atomic E-state index is 6.04. The number of hydrogen-bond acceptors (Lipinski definition) is 6. The van der Waals surface area contributed by atoms with E-state index < -0.39 is 0 Å². The fraction of sp³-hybridized carbons (Fsp3) is 0.714. The molecule has 1 aliphatic rings. The average molecular weight is 424 g/mol. The highest BCUT2D eigenvalue weighted by atomic mass is 32.2. The van der Waals surface area contributed by atoms with E-state index in [0.29, 0.717) is 11.9 Å². The minimum absolute atomic E-state index is 0.129. The van der Waals surface area contributed by atoms with Crippen LogP contribution in [0.2, 0.25) is 0 Å². The first-order valence-electron chi connectivity index (χ1n) is 10.5. The third-order valence-electron chi connectivity index (χ3n) is 5.25. The monoisotopic (exact) mass is 423 g/mol. The number of thiophene rings is 1. The van der Waals surface area contributed by atoms with Crippen LogP contribution in [-0.2, 0) is 17.8 Å². The molecule has 0 spiro atoms. The molecular weight excluding hydrogens is 388 g/mol. The Kier molecular flexibility index (Phi) is 7.23. The van der Waals surface area contributed by atoms with E-state index in [2.05, 4.69) is 46.9 Å². The zero-order valence-corrected chi connectivity index (χ0v) is 19.8. The van der Waals surface area contributed by atoms with Gasteiger partial charge in [0.1, 0.15) is 10.6 Å². The first-order valence-corrected chi connectivity index (χ1v) is 12.2. The predicted molar refractivity (Wildman–Crippen MR) is 121 cm³/mol. The van der Waals surface area contributed by atoms with Crippen molar-refractivity contribution < 1.29 is 9.64 Å². The highest BCUT2D eigenvalue weighted by Gasteiger charge is 2.31. The van der Waals surface area contributed by atoms with E-state index in [1.54, 1.807) is 28.0 Å². The molecule has 0 saturated carbocycles. The van der Waals surface area contributed by atoms with Crippen molar-refractivity contribution in [2.24, 2.45) is 0 Å². The Labute approximate surface area is 177 Å². The van der Waals surface area contributed by atoms with Crippen molar-refractivity contribution in [3.8, 4) is 0 Å². The quantitative estimate of drug-likeness (QED) is 0.365. The fourth-order valence-corrected chi connectivity index (χ4v) is 5.54. The SMILES string of the molecule is CC[NH+](CC)CCCNc1nc(SC(C)C)nc2sc3c(c12)CC(C)(C)OC3. The summed E-state index contributed by atoms with van der Waals surface area (Å²) < 4.78 is 6.04. The van der Waals surface area contributed by atoms with Crippen LogP contribution < -0.4 is 10.2 Å². The predicted octanol–water partition coefficient (Wildman–Crippen LogP) is 3.77. The second-order valence-corrected chi connectivity index (χ2v) is 11.0. The van der Waals surface area contributed by atoms with E-state index in [-0.39, 0.29) is 5.60 Å². The molecule has 0 aromatic carbocycles. The highest BCUT2D eigenvalue weighted by Crippen LogP contribution is 2.41. The molecule has 7 heteroatoms. The van der Waals surface area contributed by atoms with Crippen molar-refractivity contribution in [1.82, 2.24) is 9.97 Å². The molecule has 0 bridgehead atoms. The standard InChI is InChI=1S/C21H34N4OS2/c1-7-25(8-2)11-9-10-22-18-17-15-12-21(5,6)26-13-16(15)28-19(17)24-20(23-18)27-14(3)4/h14H,7-13H2,1-6H3,(H,22,23,24)/p+1. The first kappa shape index (κ1) is 21.8. The molecule has 0 radical (unpaired) electrons. The Morgan fingerprint density at radius 2 is 2.00 bits per heavy atom. The minimum atomic E-state index is -0.129. The zero-order valence-electron chi connectivity index (χ0n) is 18.1. The van der Waals surface area contributed by atoms with Gasteiger partial charge in [0, 0.05) is 29.5 Å². The number of ether oxygens (including phenoxy) is 1. The van der Waals surface area contributed by atoms with Crippen molar-refractivity contribution in [2.75, 3.05) is 31.5 Å². The molecule has 156 valence electrons. The summed E-state index contributed by atoms with van der Waals surface area (Å²) in [6.07, 6.45) is 2.07. The average Bonchev–Trinajstić information content (AvgIpc) is 2.97. The molecule has 0 unspecified atom stereocenters. The van der Waals surface area contributed by atoms with Crippen LogP contribution in [-0.4, -0.2) is 47.0 Å². The second-order valence-electron chi connectivity index (χ2n) is 8.42. The number of fused-ring (bicyclic) bond motifs is 3. The van der Waals surface area contributed by atoms with E-state index in [0.717, 1.165) is 35.2 Å². The third kappa shape index (κ3) is 5.17. The van der Waals surface area contributed by atoms with Crippen molar-refractivity contribution in [1.29, 1.82) is 0 Å². The number of nitrogens with one attached hydrogen (secondary N) is 2. The molecule has 3 rings (SSSR count). The molecule has 1 aliphatic heterocycles. The lowest BCUT2D eigenvalue weighted by molar-refractivity contribution is -0.896. The molecule has 2 N–H and O–H groups in total. The van der Waals surface area contributed by atoms with Gasteiger partial charge in [0.25, 0.3) is 0 Å². The largest absolute Gasteiger partial charge is 0.370 e. The number of anilines is 1. The van der Waals surface area contributed by atoms with E-state index >= 15 is 0 Å². The van der Waals surface area contributed by atoms with Gasteiger partial charge in [-0.2, -0.15) is 0 Å². The third-order valence-corrected chi connectivity index (χ3v) is 7.21. The number of hydrogen-bond donors (Lipinski definition) is 2. The van der Waals surface area contributed by atoms with Crippen LogP contribution in [0.3, 0.4) is 0 Å². The van der Waals surface area contributed by atoms with Crippen molar-refractivity contribution in [3.63, 3.8) is 0 Å². The number of aromatic nitrogens is 2. The van der Waals surface area contributed by atoms with E-state index in [1.165, 1.54) is 35.5 Å². The Bertz CT molecular complexity index is 799. The topological polar surface area (TPSA) is 51.5 Å². The lowest BCUT2D eigenvalue weighted by Gasteiger charge is -2.30. The van der Waals surface area contributed by atoms with Crippen molar-refractivity contribution >= 4 is 39.1 Å². The number of rotatable bonds is 9. The van der Waals surface area contributed by atoms with Crippen LogP contribution >= 0.6 is 23.1 Å². The summed E-state index contributed by atoms with van der Waals surface area (Å²) in [4.78, 5) is 13.9. The van der Waals surface area contributed by atoms with E-state index in [4.69, 9.17) is 14.7 Å². The molecule has 0 aliphatic carbocycles. The Balaban J connectivity index is 1.88. The van der Waals surface area contributed by atoms with Gasteiger partial charge in [-0.1, -0.05) is 25.6 Å². The summed E-state index contributed by atoms with van der Waals surface area (Å²) in [5.74, 6) is 1.01. The van der Waals surface area contributed by atoms with Gasteiger partial charge in [-0.3, -0.25) is 0 Å². The molecule has 5 nitrogen and oxygen atoms in total. The molecular formula is C21H35N4OS2+. The lowest BCUT2D eigenvalue weighted by Crippen LogP contribution is -3.11. The molecule has 2 aromatic heterocycles. The van der Waals surface area contributed by atoms with Gasteiger partial charge in [-0.05, 0) is 33.3 Å². The zero-order chi connectivity index (χ0) is 20.3. The molecule has 0 amide bonds. The van der Waals surface area contributed by atoms with Gasteiger partial charge in [0.2, 0.25) is 0 Å². The minimum Gasteiger partial charge on any atom is -0.370 e. The van der Waals surface area contributed by atoms with E-state index in [1.807, 2.05) is 0 Å². The van der Waals surface area contributed by atoms with Gasteiger partial charge in [0.15, 0.2) is 5.16 Å². The van der Waals surface area contributed by atoms with Crippen LogP contribution in [0.25, 0.3) is 10.2 Å². The molecule has 2 aromatic rings. The maximum atomic E-state index is 6.04. The number of thioether (sulfide) groups is 1. The highest BCUT2D eigenvalue weighted by molar-refractivity contribution is 7.99. The summed E-state index contributed by atoms with van der Waals surface area (Å²) in [7, 11) is 0. The fourth-order valence-electron chi connectivity index (χ4n) is 3.67.